The summed E-state index contributed by atoms with van der Waals surface area (Å²) in [6.45, 7) is 1.77. The van der Waals surface area contributed by atoms with Crippen LogP contribution in [0.5, 0.6) is 0 Å². The lowest BCUT2D eigenvalue weighted by Crippen LogP contribution is -2.18. The summed E-state index contributed by atoms with van der Waals surface area (Å²) in [5.74, 6) is 0. The van der Waals surface area contributed by atoms with Crippen LogP contribution in [-0.2, 0) is 0 Å². The van der Waals surface area contributed by atoms with E-state index in [4.69, 9.17) is 0 Å². The van der Waals surface area contributed by atoms with Crippen molar-refractivity contribution in [3.05, 3.63) is 61.7 Å². The van der Waals surface area contributed by atoms with E-state index in [0.29, 0.717) is 5.69 Å². The second-order valence-corrected chi connectivity index (χ2v) is 6.68. The number of nitro groups is 1. The molecule has 0 amide bonds. The summed E-state index contributed by atoms with van der Waals surface area (Å²) in [7, 11) is 0. The van der Waals surface area contributed by atoms with Crippen molar-refractivity contribution in [2.45, 2.75) is 12.8 Å². The van der Waals surface area contributed by atoms with Crippen molar-refractivity contribution in [2.24, 2.45) is 4.99 Å². The third-order valence-electron chi connectivity index (χ3n) is 3.83. The van der Waals surface area contributed by atoms with Crippen molar-refractivity contribution in [1.82, 2.24) is 0 Å². The van der Waals surface area contributed by atoms with Gasteiger partial charge in [0.25, 0.3) is 5.69 Å². The highest BCUT2D eigenvalue weighted by Crippen LogP contribution is 2.31. The molecule has 0 aromatic heterocycles. The maximum absolute atomic E-state index is 11.4. The van der Waals surface area contributed by atoms with Crippen molar-refractivity contribution in [1.29, 1.82) is 0 Å². The summed E-state index contributed by atoms with van der Waals surface area (Å²) in [6, 6.07) is 13.1. The van der Waals surface area contributed by atoms with Crippen LogP contribution in [0.3, 0.4) is 0 Å². The zero-order valence-corrected chi connectivity index (χ0v) is 14.6. The highest BCUT2D eigenvalue weighted by Gasteiger charge is 2.22. The van der Waals surface area contributed by atoms with E-state index >= 15 is 0 Å². The van der Waals surface area contributed by atoms with Gasteiger partial charge in [-0.25, -0.2) is 0 Å². The van der Waals surface area contributed by atoms with Gasteiger partial charge in [0.1, 0.15) is 5.69 Å². The molecule has 0 atom stereocenters. The molecule has 2 aromatic carbocycles. The zero-order valence-electron chi connectivity index (χ0n) is 12.5. The predicted octanol–water partition coefficient (Wildman–Crippen LogP) is 4.55. The van der Waals surface area contributed by atoms with Crippen LogP contribution in [-0.4, -0.2) is 24.2 Å². The third kappa shape index (κ3) is 3.87. The Balaban J connectivity index is 1.87. The molecule has 1 heterocycles. The predicted molar refractivity (Wildman–Crippen MR) is 101 cm³/mol. The first kappa shape index (κ1) is 15.9. The Kier molecular flexibility index (Phi) is 4.90. The molecule has 3 rings (SSSR count). The van der Waals surface area contributed by atoms with Crippen molar-refractivity contribution in [3.8, 4) is 0 Å². The van der Waals surface area contributed by atoms with Crippen LogP contribution < -0.4 is 4.90 Å². The first-order valence-electron chi connectivity index (χ1n) is 7.46. The van der Waals surface area contributed by atoms with Gasteiger partial charge in [-0.1, -0.05) is 6.07 Å². The molecule has 0 radical (unpaired) electrons. The van der Waals surface area contributed by atoms with E-state index in [-0.39, 0.29) is 10.6 Å². The lowest BCUT2D eigenvalue weighted by atomic mass is 10.1. The Morgan fingerprint density at radius 3 is 2.48 bits per heavy atom. The second-order valence-electron chi connectivity index (χ2n) is 5.43. The lowest BCUT2D eigenvalue weighted by molar-refractivity contribution is -0.384. The van der Waals surface area contributed by atoms with Crippen LogP contribution in [0.1, 0.15) is 18.4 Å². The minimum Gasteiger partial charge on any atom is -0.366 e. The molecule has 0 aliphatic carbocycles. The van der Waals surface area contributed by atoms with E-state index in [0.717, 1.165) is 40.8 Å². The van der Waals surface area contributed by atoms with Crippen molar-refractivity contribution >= 4 is 45.9 Å². The third-order valence-corrected chi connectivity index (χ3v) is 4.55. The molecule has 0 unspecified atom stereocenters. The Hall–Kier alpha value is -1.96. The molecule has 1 aliphatic heterocycles. The Morgan fingerprint density at radius 1 is 1.13 bits per heavy atom. The molecule has 1 fully saturated rings. The van der Waals surface area contributed by atoms with Crippen molar-refractivity contribution in [2.75, 3.05) is 18.0 Å². The number of anilines is 1. The van der Waals surface area contributed by atoms with Crippen LogP contribution in [0.2, 0.25) is 0 Å². The van der Waals surface area contributed by atoms with E-state index < -0.39 is 0 Å². The average Bonchev–Trinajstić information content (AvgIpc) is 3.08. The summed E-state index contributed by atoms with van der Waals surface area (Å²) >= 11 is 2.24. The molecular formula is C17H16IN3O2. The van der Waals surface area contributed by atoms with Gasteiger partial charge in [0.05, 0.1) is 10.6 Å². The number of hydrogen-bond acceptors (Lipinski definition) is 4. The van der Waals surface area contributed by atoms with E-state index in [1.807, 2.05) is 36.4 Å². The maximum Gasteiger partial charge on any atom is 0.293 e. The summed E-state index contributed by atoms with van der Waals surface area (Å²) in [5, 5.41) is 11.4. The van der Waals surface area contributed by atoms with Gasteiger partial charge in [-0.2, -0.15) is 0 Å². The Morgan fingerprint density at radius 2 is 1.83 bits per heavy atom. The van der Waals surface area contributed by atoms with Gasteiger partial charge in [0, 0.05) is 28.9 Å². The molecule has 1 saturated heterocycles. The molecular weight excluding hydrogens is 405 g/mol. The summed E-state index contributed by atoms with van der Waals surface area (Å²) in [6.07, 6.45) is 3.85. The molecule has 6 heteroatoms. The number of hydrogen-bond donors (Lipinski definition) is 0. The van der Waals surface area contributed by atoms with Crippen LogP contribution in [0.25, 0.3) is 0 Å². The number of aliphatic imine (C=N–C) groups is 1. The van der Waals surface area contributed by atoms with Crippen LogP contribution in [0.15, 0.2) is 47.5 Å². The van der Waals surface area contributed by atoms with E-state index in [9.17, 15) is 10.1 Å². The first-order chi connectivity index (χ1) is 11.1. The number of nitrogens with zero attached hydrogens (tertiary/aromatic N) is 3. The molecule has 1 aliphatic rings. The molecule has 0 N–H and O–H groups in total. The maximum atomic E-state index is 11.4. The standard InChI is InChI=1S/C17H16IN3O2/c18-14-4-6-15(7-5-14)19-12-13-3-8-16(17(11-13)21(22)23)20-9-1-2-10-20/h3-8,11-12H,1-2,9-10H2. The van der Waals surface area contributed by atoms with E-state index in [1.165, 1.54) is 0 Å². The normalized spacial score (nSPS) is 14.6. The summed E-state index contributed by atoms with van der Waals surface area (Å²) in [4.78, 5) is 17.5. The smallest absolute Gasteiger partial charge is 0.293 e. The second kappa shape index (κ2) is 7.08. The molecule has 0 saturated carbocycles. The number of halogens is 1. The highest BCUT2D eigenvalue weighted by molar-refractivity contribution is 14.1. The number of nitro benzene ring substituents is 1. The van der Waals surface area contributed by atoms with Gasteiger partial charge in [-0.3, -0.25) is 15.1 Å². The summed E-state index contributed by atoms with van der Waals surface area (Å²) in [5.41, 5.74) is 2.42. The van der Waals surface area contributed by atoms with Gasteiger partial charge >= 0.3 is 0 Å². The fraction of sp³-hybridized carbons (Fsp3) is 0.235. The molecule has 118 valence electrons. The lowest BCUT2D eigenvalue weighted by Gasteiger charge is -2.17. The molecule has 23 heavy (non-hydrogen) atoms. The van der Waals surface area contributed by atoms with E-state index in [2.05, 4.69) is 32.5 Å². The molecule has 0 spiro atoms. The van der Waals surface area contributed by atoms with Crippen molar-refractivity contribution in [3.63, 3.8) is 0 Å². The Bertz CT molecular complexity index is 738. The molecule has 0 bridgehead atoms. The zero-order chi connectivity index (χ0) is 16.2. The topological polar surface area (TPSA) is 58.7 Å². The Labute approximate surface area is 148 Å². The minimum absolute atomic E-state index is 0.151. The number of rotatable bonds is 4. The average molecular weight is 421 g/mol. The first-order valence-corrected chi connectivity index (χ1v) is 8.54. The number of benzene rings is 2. The molecule has 5 nitrogen and oxygen atoms in total. The minimum atomic E-state index is -0.310. The van der Waals surface area contributed by atoms with E-state index in [1.54, 1.807) is 12.3 Å². The largest absolute Gasteiger partial charge is 0.366 e. The van der Waals surface area contributed by atoms with Gasteiger partial charge < -0.3 is 4.90 Å². The van der Waals surface area contributed by atoms with Crippen LogP contribution in [0.4, 0.5) is 17.1 Å². The monoisotopic (exact) mass is 421 g/mol. The van der Waals surface area contributed by atoms with Crippen LogP contribution in [0, 0.1) is 13.7 Å². The van der Waals surface area contributed by atoms with Gasteiger partial charge in [0.2, 0.25) is 0 Å². The van der Waals surface area contributed by atoms with Gasteiger partial charge in [-0.05, 0) is 71.3 Å². The quantitative estimate of drug-likeness (QED) is 0.315. The fourth-order valence-corrected chi connectivity index (χ4v) is 3.03. The van der Waals surface area contributed by atoms with Crippen molar-refractivity contribution < 1.29 is 4.92 Å². The fourth-order valence-electron chi connectivity index (χ4n) is 2.67. The molecule has 2 aromatic rings. The summed E-state index contributed by atoms with van der Waals surface area (Å²) < 4.78 is 1.15. The van der Waals surface area contributed by atoms with Gasteiger partial charge in [0.15, 0.2) is 0 Å². The van der Waals surface area contributed by atoms with Crippen LogP contribution >= 0.6 is 22.6 Å². The van der Waals surface area contributed by atoms with Gasteiger partial charge in [-0.15, -0.1) is 0 Å². The highest BCUT2D eigenvalue weighted by atomic mass is 127. The SMILES string of the molecule is O=[N+]([O-])c1cc(C=Nc2ccc(I)cc2)ccc1N1CCCC1.